The van der Waals surface area contributed by atoms with Crippen LogP contribution in [0.3, 0.4) is 0 Å². The highest BCUT2D eigenvalue weighted by Crippen LogP contribution is 2.21. The van der Waals surface area contributed by atoms with Crippen LogP contribution in [-0.4, -0.2) is 5.91 Å². The van der Waals surface area contributed by atoms with E-state index in [9.17, 15) is 4.79 Å². The first-order valence-electron chi connectivity index (χ1n) is 6.36. The van der Waals surface area contributed by atoms with Gasteiger partial charge in [-0.15, -0.1) is 0 Å². The Balaban J connectivity index is 2.10. The van der Waals surface area contributed by atoms with Crippen LogP contribution in [0.5, 0.6) is 0 Å². The summed E-state index contributed by atoms with van der Waals surface area (Å²) in [6.07, 6.45) is 0. The molecule has 2 aromatic rings. The molecule has 3 nitrogen and oxygen atoms in total. The first-order chi connectivity index (χ1) is 9.47. The smallest absolute Gasteiger partial charge is 0.248 e. The number of anilines is 1. The first-order valence-corrected chi connectivity index (χ1v) is 6.74. The molecule has 0 aliphatic rings. The largest absolute Gasteiger partial charge is 0.381 e. The van der Waals surface area contributed by atoms with Crippen molar-refractivity contribution in [3.8, 4) is 0 Å². The lowest BCUT2D eigenvalue weighted by molar-refractivity contribution is 0.1000. The number of rotatable bonds is 4. The van der Waals surface area contributed by atoms with Crippen molar-refractivity contribution in [1.29, 1.82) is 0 Å². The number of primary amides is 1. The fourth-order valence-corrected chi connectivity index (χ4v) is 2.13. The minimum Gasteiger partial charge on any atom is -0.381 e. The Kier molecular flexibility index (Phi) is 4.30. The summed E-state index contributed by atoms with van der Waals surface area (Å²) in [5, 5.41) is 4.06. The Morgan fingerprint density at radius 1 is 1.15 bits per heavy atom. The average molecular weight is 289 g/mol. The van der Waals surface area contributed by atoms with Crippen LogP contribution in [0.15, 0.2) is 36.4 Å². The van der Waals surface area contributed by atoms with E-state index < -0.39 is 5.91 Å². The van der Waals surface area contributed by atoms with Gasteiger partial charge in [-0.05, 0) is 54.8 Å². The van der Waals surface area contributed by atoms with Crippen LogP contribution >= 0.6 is 11.6 Å². The number of carbonyl (C=O) groups excluding carboxylic acids is 1. The van der Waals surface area contributed by atoms with Crippen molar-refractivity contribution in [3.05, 3.63) is 63.7 Å². The number of nitrogens with one attached hydrogen (secondary N) is 1. The van der Waals surface area contributed by atoms with E-state index in [2.05, 4.69) is 5.32 Å². The number of nitrogens with two attached hydrogens (primary N) is 1. The molecule has 0 fully saturated rings. The maximum Gasteiger partial charge on any atom is 0.248 e. The standard InChI is InChI=1S/C16H17ClN2O/c1-10-3-6-14(8-15(10)17)19-9-13-5-4-12(16(18)20)7-11(13)2/h3-8,19H,9H2,1-2H3,(H2,18,20). The zero-order chi connectivity index (χ0) is 14.7. The molecule has 20 heavy (non-hydrogen) atoms. The lowest BCUT2D eigenvalue weighted by Gasteiger charge is -2.11. The summed E-state index contributed by atoms with van der Waals surface area (Å²) in [4.78, 5) is 11.1. The van der Waals surface area contributed by atoms with Crippen LogP contribution in [0, 0.1) is 13.8 Å². The van der Waals surface area contributed by atoms with E-state index in [1.807, 2.05) is 44.2 Å². The van der Waals surface area contributed by atoms with Crippen molar-refractivity contribution in [2.24, 2.45) is 5.73 Å². The number of carbonyl (C=O) groups is 1. The summed E-state index contributed by atoms with van der Waals surface area (Å²) in [6, 6.07) is 11.3. The number of hydrogen-bond donors (Lipinski definition) is 2. The van der Waals surface area contributed by atoms with Gasteiger partial charge in [-0.1, -0.05) is 23.7 Å². The molecule has 1 amide bonds. The molecule has 0 aliphatic heterocycles. The van der Waals surface area contributed by atoms with Gasteiger partial charge >= 0.3 is 0 Å². The fraction of sp³-hybridized carbons (Fsp3) is 0.188. The summed E-state index contributed by atoms with van der Waals surface area (Å²) in [7, 11) is 0. The Morgan fingerprint density at radius 3 is 2.50 bits per heavy atom. The summed E-state index contributed by atoms with van der Waals surface area (Å²) in [5.74, 6) is -0.405. The molecule has 2 rings (SSSR count). The fourth-order valence-electron chi connectivity index (χ4n) is 1.95. The zero-order valence-electron chi connectivity index (χ0n) is 11.5. The number of aryl methyl sites for hydroxylation is 2. The topological polar surface area (TPSA) is 55.1 Å². The number of halogens is 1. The third-order valence-electron chi connectivity index (χ3n) is 3.28. The second kappa shape index (κ2) is 5.97. The van der Waals surface area contributed by atoms with E-state index in [0.29, 0.717) is 12.1 Å². The van der Waals surface area contributed by atoms with Gasteiger partial charge in [0.15, 0.2) is 0 Å². The molecule has 0 saturated carbocycles. The van der Waals surface area contributed by atoms with Crippen LogP contribution < -0.4 is 11.1 Å². The Morgan fingerprint density at radius 2 is 1.90 bits per heavy atom. The van der Waals surface area contributed by atoms with Gasteiger partial charge in [-0.2, -0.15) is 0 Å². The van der Waals surface area contributed by atoms with E-state index in [4.69, 9.17) is 17.3 Å². The highest BCUT2D eigenvalue weighted by molar-refractivity contribution is 6.31. The van der Waals surface area contributed by atoms with Gasteiger partial charge in [0, 0.05) is 22.8 Å². The van der Waals surface area contributed by atoms with Crippen LogP contribution in [-0.2, 0) is 6.54 Å². The van der Waals surface area contributed by atoms with Crippen LogP contribution in [0.4, 0.5) is 5.69 Å². The molecule has 0 aromatic heterocycles. The van der Waals surface area contributed by atoms with Crippen LogP contribution in [0.1, 0.15) is 27.0 Å². The SMILES string of the molecule is Cc1ccc(NCc2ccc(C(N)=O)cc2C)cc1Cl. The number of hydrogen-bond acceptors (Lipinski definition) is 2. The lowest BCUT2D eigenvalue weighted by atomic mass is 10.0. The highest BCUT2D eigenvalue weighted by atomic mass is 35.5. The average Bonchev–Trinajstić information content (AvgIpc) is 2.41. The molecule has 0 bridgehead atoms. The third-order valence-corrected chi connectivity index (χ3v) is 3.69. The minimum atomic E-state index is -0.405. The molecule has 3 N–H and O–H groups in total. The Labute approximate surface area is 123 Å². The molecule has 0 spiro atoms. The predicted molar refractivity (Wildman–Crippen MR) is 83.2 cm³/mol. The van der Waals surface area contributed by atoms with Crippen molar-refractivity contribution < 1.29 is 4.79 Å². The van der Waals surface area contributed by atoms with Gasteiger partial charge in [0.1, 0.15) is 0 Å². The first kappa shape index (κ1) is 14.4. The van der Waals surface area contributed by atoms with Gasteiger partial charge in [0.25, 0.3) is 0 Å². The summed E-state index contributed by atoms with van der Waals surface area (Å²) in [5.41, 5.74) is 9.97. The van der Waals surface area contributed by atoms with Crippen molar-refractivity contribution >= 4 is 23.2 Å². The Hall–Kier alpha value is -2.00. The molecule has 2 aromatic carbocycles. The number of benzene rings is 2. The second-order valence-corrected chi connectivity index (χ2v) is 5.23. The Bertz CT molecular complexity index is 653. The second-order valence-electron chi connectivity index (χ2n) is 4.82. The minimum absolute atomic E-state index is 0.405. The lowest BCUT2D eigenvalue weighted by Crippen LogP contribution is -2.11. The molecule has 0 radical (unpaired) electrons. The van der Waals surface area contributed by atoms with Crippen molar-refractivity contribution in [2.45, 2.75) is 20.4 Å². The van der Waals surface area contributed by atoms with E-state index in [-0.39, 0.29) is 0 Å². The summed E-state index contributed by atoms with van der Waals surface area (Å²) >= 11 is 6.09. The molecule has 0 saturated heterocycles. The predicted octanol–water partition coefficient (Wildman–Crippen LogP) is 3.67. The van der Waals surface area contributed by atoms with E-state index in [1.165, 1.54) is 0 Å². The molecule has 0 unspecified atom stereocenters. The van der Waals surface area contributed by atoms with Gasteiger partial charge in [-0.25, -0.2) is 0 Å². The van der Waals surface area contributed by atoms with Crippen molar-refractivity contribution in [3.63, 3.8) is 0 Å². The van der Waals surface area contributed by atoms with Crippen LogP contribution in [0.2, 0.25) is 5.02 Å². The third kappa shape index (κ3) is 3.31. The highest BCUT2D eigenvalue weighted by Gasteiger charge is 2.04. The van der Waals surface area contributed by atoms with Gasteiger partial charge < -0.3 is 11.1 Å². The molecule has 0 aliphatic carbocycles. The van der Waals surface area contributed by atoms with E-state index >= 15 is 0 Å². The molecular weight excluding hydrogens is 272 g/mol. The quantitative estimate of drug-likeness (QED) is 0.902. The molecular formula is C16H17ClN2O. The summed E-state index contributed by atoms with van der Waals surface area (Å²) < 4.78 is 0. The molecule has 0 heterocycles. The molecule has 104 valence electrons. The van der Waals surface area contributed by atoms with E-state index in [1.54, 1.807) is 6.07 Å². The van der Waals surface area contributed by atoms with Crippen molar-refractivity contribution in [1.82, 2.24) is 0 Å². The number of amides is 1. The van der Waals surface area contributed by atoms with Gasteiger partial charge in [-0.3, -0.25) is 4.79 Å². The normalized spacial score (nSPS) is 10.3. The molecule has 0 atom stereocenters. The summed E-state index contributed by atoms with van der Waals surface area (Å²) in [6.45, 7) is 4.61. The van der Waals surface area contributed by atoms with Crippen molar-refractivity contribution in [2.75, 3.05) is 5.32 Å². The van der Waals surface area contributed by atoms with E-state index in [0.717, 1.165) is 27.4 Å². The monoisotopic (exact) mass is 288 g/mol. The zero-order valence-corrected chi connectivity index (χ0v) is 12.3. The van der Waals surface area contributed by atoms with Gasteiger partial charge in [0.05, 0.1) is 0 Å². The maximum atomic E-state index is 11.1. The maximum absolute atomic E-state index is 11.1. The molecule has 4 heteroatoms. The van der Waals surface area contributed by atoms with Gasteiger partial charge in [0.2, 0.25) is 5.91 Å². The van der Waals surface area contributed by atoms with Crippen LogP contribution in [0.25, 0.3) is 0 Å².